The lowest BCUT2D eigenvalue weighted by atomic mass is 10.2. The number of hydrogen-bond acceptors (Lipinski definition) is 4. The molecule has 0 amide bonds. The third-order valence-corrected chi connectivity index (χ3v) is 3.75. The maximum Gasteiger partial charge on any atom is 0.214 e. The number of benzene rings is 1. The molecule has 1 aromatic carbocycles. The van der Waals surface area contributed by atoms with E-state index in [0.717, 1.165) is 12.1 Å². The van der Waals surface area contributed by atoms with Gasteiger partial charge in [-0.15, -0.1) is 4.36 Å². The summed E-state index contributed by atoms with van der Waals surface area (Å²) in [5.74, 6) is -0.783. The fraction of sp³-hybridized carbons (Fsp3) is 0.111. The summed E-state index contributed by atoms with van der Waals surface area (Å²) in [5, 5.41) is 16.8. The van der Waals surface area contributed by atoms with Gasteiger partial charge in [0.1, 0.15) is 11.9 Å². The molecule has 0 aliphatic rings. The SMILES string of the molecule is CS(=O)(=NC#N)c1ccc(F)c(Cl)c1C#N. The van der Waals surface area contributed by atoms with Crippen LogP contribution in [0.25, 0.3) is 0 Å². The highest BCUT2D eigenvalue weighted by atomic mass is 35.5. The van der Waals surface area contributed by atoms with Crippen LogP contribution < -0.4 is 0 Å². The van der Waals surface area contributed by atoms with Crippen LogP contribution in [0.3, 0.4) is 0 Å². The first-order valence-corrected chi connectivity index (χ1v) is 6.22. The molecule has 0 heterocycles. The van der Waals surface area contributed by atoms with Gasteiger partial charge in [-0.05, 0) is 12.1 Å². The van der Waals surface area contributed by atoms with Crippen LogP contribution in [-0.2, 0) is 9.73 Å². The Morgan fingerprint density at radius 2 is 2.12 bits per heavy atom. The van der Waals surface area contributed by atoms with Crippen LogP contribution in [0.15, 0.2) is 21.4 Å². The van der Waals surface area contributed by atoms with Crippen LogP contribution in [-0.4, -0.2) is 10.5 Å². The molecule has 4 nitrogen and oxygen atoms in total. The maximum atomic E-state index is 13.0. The molecule has 16 heavy (non-hydrogen) atoms. The molecule has 7 heteroatoms. The summed E-state index contributed by atoms with van der Waals surface area (Å²) in [4.78, 5) is -0.0389. The second-order valence-electron chi connectivity index (χ2n) is 2.84. The van der Waals surface area contributed by atoms with Crippen molar-refractivity contribution in [2.24, 2.45) is 4.36 Å². The van der Waals surface area contributed by atoms with Crippen molar-refractivity contribution in [1.82, 2.24) is 0 Å². The molecule has 1 unspecified atom stereocenters. The Morgan fingerprint density at radius 1 is 1.50 bits per heavy atom. The number of hydrogen-bond donors (Lipinski definition) is 0. The Morgan fingerprint density at radius 3 is 2.62 bits per heavy atom. The first kappa shape index (κ1) is 12.4. The third kappa shape index (κ3) is 2.13. The minimum atomic E-state index is -3.05. The summed E-state index contributed by atoms with van der Waals surface area (Å²) in [6.45, 7) is 0. The van der Waals surface area contributed by atoms with Crippen LogP contribution in [0.2, 0.25) is 5.02 Å². The Hall–Kier alpha value is -1.63. The van der Waals surface area contributed by atoms with E-state index in [2.05, 4.69) is 4.36 Å². The van der Waals surface area contributed by atoms with Gasteiger partial charge in [-0.3, -0.25) is 0 Å². The van der Waals surface area contributed by atoms with E-state index >= 15 is 0 Å². The smallest absolute Gasteiger partial charge is 0.214 e. The summed E-state index contributed by atoms with van der Waals surface area (Å²) in [7, 11) is -3.05. The average molecular weight is 258 g/mol. The van der Waals surface area contributed by atoms with Crippen molar-refractivity contribution in [1.29, 1.82) is 10.5 Å². The van der Waals surface area contributed by atoms with Gasteiger partial charge >= 0.3 is 0 Å². The quantitative estimate of drug-likeness (QED) is 0.724. The standard InChI is InChI=1S/C9H5ClFN3OS/c1-16(15,14-5-13)8-3-2-7(11)9(10)6(8)4-12/h2-3H,1H3. The highest BCUT2D eigenvalue weighted by Gasteiger charge is 2.17. The zero-order valence-corrected chi connectivity index (χ0v) is 9.64. The van der Waals surface area contributed by atoms with Gasteiger partial charge in [0.15, 0.2) is 0 Å². The zero-order chi connectivity index (χ0) is 12.3. The molecule has 1 atom stereocenters. The lowest BCUT2D eigenvalue weighted by molar-refractivity contribution is 0.626. The van der Waals surface area contributed by atoms with Crippen LogP contribution >= 0.6 is 11.6 Å². The number of nitriles is 2. The highest BCUT2D eigenvalue weighted by Crippen LogP contribution is 2.26. The maximum absolute atomic E-state index is 13.0. The summed E-state index contributed by atoms with van der Waals surface area (Å²) in [6, 6.07) is 3.77. The number of nitrogens with zero attached hydrogens (tertiary/aromatic N) is 3. The topological polar surface area (TPSA) is 77.0 Å². The van der Waals surface area contributed by atoms with Crippen molar-refractivity contribution >= 4 is 21.3 Å². The average Bonchev–Trinajstić information content (AvgIpc) is 2.21. The molecule has 0 bridgehead atoms. The van der Waals surface area contributed by atoms with Crippen molar-refractivity contribution in [2.45, 2.75) is 4.90 Å². The van der Waals surface area contributed by atoms with E-state index in [-0.39, 0.29) is 10.5 Å². The molecule has 0 aliphatic carbocycles. The first-order valence-electron chi connectivity index (χ1n) is 3.92. The molecular weight excluding hydrogens is 253 g/mol. The summed E-state index contributed by atoms with van der Waals surface area (Å²) in [6.07, 6.45) is 2.58. The van der Waals surface area contributed by atoms with Crippen molar-refractivity contribution < 1.29 is 8.60 Å². The van der Waals surface area contributed by atoms with Crippen molar-refractivity contribution in [3.8, 4) is 12.3 Å². The molecular formula is C9H5ClFN3OS. The first-order chi connectivity index (χ1) is 7.44. The van der Waals surface area contributed by atoms with Gasteiger partial charge < -0.3 is 0 Å². The Kier molecular flexibility index (Phi) is 3.48. The Balaban J connectivity index is 3.70. The summed E-state index contributed by atoms with van der Waals surface area (Å²) < 4.78 is 28.2. The van der Waals surface area contributed by atoms with E-state index < -0.39 is 20.6 Å². The van der Waals surface area contributed by atoms with E-state index in [9.17, 15) is 8.60 Å². The summed E-state index contributed by atoms with van der Waals surface area (Å²) in [5.41, 5.74) is -0.256. The molecule has 0 N–H and O–H groups in total. The minimum Gasteiger partial charge on any atom is -0.244 e. The van der Waals surface area contributed by atoms with E-state index in [4.69, 9.17) is 22.1 Å². The fourth-order valence-electron chi connectivity index (χ4n) is 1.08. The van der Waals surface area contributed by atoms with Gasteiger partial charge in [0, 0.05) is 6.26 Å². The van der Waals surface area contributed by atoms with Gasteiger partial charge in [-0.1, -0.05) is 11.6 Å². The second kappa shape index (κ2) is 4.48. The molecule has 0 aromatic heterocycles. The predicted octanol–water partition coefficient (Wildman–Crippen LogP) is 2.29. The van der Waals surface area contributed by atoms with E-state index in [1.807, 2.05) is 0 Å². The number of halogens is 2. The van der Waals surface area contributed by atoms with Gasteiger partial charge in [0.05, 0.1) is 25.2 Å². The largest absolute Gasteiger partial charge is 0.244 e. The lowest BCUT2D eigenvalue weighted by Crippen LogP contribution is -2.02. The van der Waals surface area contributed by atoms with Crippen LogP contribution in [0.1, 0.15) is 5.56 Å². The molecule has 0 aliphatic heterocycles. The van der Waals surface area contributed by atoms with E-state index in [1.54, 1.807) is 6.07 Å². The van der Waals surface area contributed by atoms with Crippen LogP contribution in [0.4, 0.5) is 4.39 Å². The van der Waals surface area contributed by atoms with E-state index in [0.29, 0.717) is 0 Å². The van der Waals surface area contributed by atoms with Crippen molar-refractivity contribution in [3.63, 3.8) is 0 Å². The Bertz CT molecular complexity index is 635. The van der Waals surface area contributed by atoms with Crippen LogP contribution in [0, 0.1) is 28.6 Å². The van der Waals surface area contributed by atoms with Crippen molar-refractivity contribution in [3.05, 3.63) is 28.5 Å². The number of rotatable bonds is 1. The van der Waals surface area contributed by atoms with Gasteiger partial charge in [0.25, 0.3) is 0 Å². The third-order valence-electron chi connectivity index (χ3n) is 1.79. The lowest BCUT2D eigenvalue weighted by Gasteiger charge is -2.06. The van der Waals surface area contributed by atoms with E-state index in [1.165, 1.54) is 12.4 Å². The van der Waals surface area contributed by atoms with Gasteiger partial charge in [-0.2, -0.15) is 10.5 Å². The van der Waals surface area contributed by atoms with Gasteiger partial charge in [0.2, 0.25) is 6.19 Å². The molecule has 0 saturated heterocycles. The molecule has 1 aromatic rings. The summed E-state index contributed by atoms with van der Waals surface area (Å²) >= 11 is 5.56. The highest BCUT2D eigenvalue weighted by molar-refractivity contribution is 7.93. The Labute approximate surface area is 97.1 Å². The molecule has 1 rings (SSSR count). The van der Waals surface area contributed by atoms with Crippen LogP contribution in [0.5, 0.6) is 0 Å². The minimum absolute atomic E-state index is 0.0389. The van der Waals surface area contributed by atoms with Gasteiger partial charge in [-0.25, -0.2) is 8.60 Å². The zero-order valence-electron chi connectivity index (χ0n) is 8.07. The molecule has 0 fully saturated rings. The second-order valence-corrected chi connectivity index (χ2v) is 5.45. The predicted molar refractivity (Wildman–Crippen MR) is 56.5 cm³/mol. The molecule has 0 saturated carbocycles. The molecule has 82 valence electrons. The molecule has 0 spiro atoms. The van der Waals surface area contributed by atoms with Crippen molar-refractivity contribution in [2.75, 3.05) is 6.26 Å². The molecule has 0 radical (unpaired) electrons. The normalized spacial score (nSPS) is 13.3. The fourth-order valence-corrected chi connectivity index (χ4v) is 2.44. The monoisotopic (exact) mass is 257 g/mol.